The predicted octanol–water partition coefficient (Wildman–Crippen LogP) is 2.71. The zero-order valence-electron chi connectivity index (χ0n) is 15.0. The van der Waals surface area contributed by atoms with Crippen LogP contribution in [0.4, 0.5) is 0 Å². The minimum atomic E-state index is -3.67. The molecule has 1 amide bonds. The molecule has 2 aromatic carbocycles. The smallest absolute Gasteiger partial charge is 0.251 e. The average molecular weight is 370 g/mol. The van der Waals surface area contributed by atoms with Gasteiger partial charge in [-0.1, -0.05) is 29.7 Å². The van der Waals surface area contributed by atoms with Crippen LogP contribution in [0, 0.1) is 26.2 Å². The van der Waals surface area contributed by atoms with Gasteiger partial charge in [0.25, 0.3) is 5.91 Å². The molecular formula is C20H22N2O3S. The van der Waals surface area contributed by atoms with Crippen LogP contribution >= 0.6 is 0 Å². The van der Waals surface area contributed by atoms with Crippen molar-refractivity contribution in [1.82, 2.24) is 10.0 Å². The fourth-order valence-electron chi connectivity index (χ4n) is 2.59. The van der Waals surface area contributed by atoms with Crippen LogP contribution in [0.2, 0.25) is 0 Å². The predicted molar refractivity (Wildman–Crippen MR) is 102 cm³/mol. The Morgan fingerprint density at radius 3 is 2.42 bits per heavy atom. The second kappa shape index (κ2) is 8.17. The van der Waals surface area contributed by atoms with E-state index in [4.69, 9.17) is 6.42 Å². The van der Waals surface area contributed by atoms with Crippen molar-refractivity contribution in [2.75, 3.05) is 6.54 Å². The van der Waals surface area contributed by atoms with E-state index in [1.165, 1.54) is 24.3 Å². The van der Waals surface area contributed by atoms with E-state index in [0.717, 1.165) is 16.7 Å². The van der Waals surface area contributed by atoms with Gasteiger partial charge in [0.05, 0.1) is 17.5 Å². The molecule has 26 heavy (non-hydrogen) atoms. The van der Waals surface area contributed by atoms with Gasteiger partial charge in [-0.05, 0) is 56.2 Å². The molecule has 6 heteroatoms. The lowest BCUT2D eigenvalue weighted by Crippen LogP contribution is -2.27. The standard InChI is InChI=1S/C20H22N2O3S/c1-5-12-21-26(24,25)18-10-8-17(9-11-18)20(23)22-16(4)19-13-14(2)6-7-15(19)3/h1,6-11,13,16,21H,12H2,2-4H3,(H,22,23). The topological polar surface area (TPSA) is 75.3 Å². The van der Waals surface area contributed by atoms with Gasteiger partial charge in [-0.2, -0.15) is 4.72 Å². The number of hydrogen-bond donors (Lipinski definition) is 2. The second-order valence-corrected chi connectivity index (χ2v) is 7.88. The lowest BCUT2D eigenvalue weighted by molar-refractivity contribution is 0.0939. The third-order valence-electron chi connectivity index (χ3n) is 4.04. The fourth-order valence-corrected chi connectivity index (χ4v) is 3.52. The number of rotatable bonds is 6. The second-order valence-electron chi connectivity index (χ2n) is 6.11. The first-order valence-corrected chi connectivity index (χ1v) is 9.64. The van der Waals surface area contributed by atoms with Crippen molar-refractivity contribution < 1.29 is 13.2 Å². The molecule has 0 aromatic heterocycles. The first-order valence-electron chi connectivity index (χ1n) is 8.16. The normalized spacial score (nSPS) is 12.2. The van der Waals surface area contributed by atoms with E-state index >= 15 is 0 Å². The Morgan fingerprint density at radius 2 is 1.81 bits per heavy atom. The number of sulfonamides is 1. The maximum absolute atomic E-state index is 12.5. The Morgan fingerprint density at radius 1 is 1.15 bits per heavy atom. The molecule has 2 aromatic rings. The van der Waals surface area contributed by atoms with Crippen molar-refractivity contribution in [3.8, 4) is 12.3 Å². The Hall–Kier alpha value is -2.62. The van der Waals surface area contributed by atoms with Crippen LogP contribution in [0.3, 0.4) is 0 Å². The molecule has 1 atom stereocenters. The van der Waals surface area contributed by atoms with Gasteiger partial charge in [0.15, 0.2) is 0 Å². The first-order chi connectivity index (χ1) is 12.2. The Balaban J connectivity index is 2.13. The molecule has 1 unspecified atom stereocenters. The zero-order chi connectivity index (χ0) is 19.3. The Labute approximate surface area is 154 Å². The van der Waals surface area contributed by atoms with E-state index in [0.29, 0.717) is 5.56 Å². The first kappa shape index (κ1) is 19.7. The van der Waals surface area contributed by atoms with E-state index < -0.39 is 10.0 Å². The van der Waals surface area contributed by atoms with Gasteiger partial charge in [0.2, 0.25) is 10.0 Å². The van der Waals surface area contributed by atoms with Crippen LogP contribution < -0.4 is 10.0 Å². The van der Waals surface area contributed by atoms with Crippen LogP contribution in [0.1, 0.15) is 40.0 Å². The highest BCUT2D eigenvalue weighted by atomic mass is 32.2. The van der Waals surface area contributed by atoms with E-state index in [9.17, 15) is 13.2 Å². The summed E-state index contributed by atoms with van der Waals surface area (Å²) in [5.74, 6) is 1.95. The third kappa shape index (κ3) is 4.72. The third-order valence-corrected chi connectivity index (χ3v) is 5.46. The molecule has 0 fully saturated rings. The highest BCUT2D eigenvalue weighted by molar-refractivity contribution is 7.89. The molecule has 0 saturated carbocycles. The van der Waals surface area contributed by atoms with Crippen LogP contribution in [-0.2, 0) is 10.0 Å². The van der Waals surface area contributed by atoms with Gasteiger partial charge in [0, 0.05) is 5.56 Å². The van der Waals surface area contributed by atoms with Crippen LogP contribution in [0.5, 0.6) is 0 Å². The molecule has 0 bridgehead atoms. The SMILES string of the molecule is C#CCNS(=O)(=O)c1ccc(C(=O)NC(C)c2cc(C)ccc2C)cc1. The Bertz CT molecular complexity index is 942. The number of carbonyl (C=O) groups excluding carboxylic acids is 1. The van der Waals surface area contributed by atoms with Crippen LogP contribution in [-0.4, -0.2) is 20.9 Å². The van der Waals surface area contributed by atoms with Crippen molar-refractivity contribution in [1.29, 1.82) is 0 Å². The summed E-state index contributed by atoms with van der Waals surface area (Å²) in [7, 11) is -3.67. The Kier molecular flexibility index (Phi) is 6.19. The van der Waals surface area contributed by atoms with Crippen LogP contribution in [0.15, 0.2) is 47.4 Å². The summed E-state index contributed by atoms with van der Waals surface area (Å²) in [6.07, 6.45) is 5.06. The molecule has 0 aliphatic rings. The molecular weight excluding hydrogens is 348 g/mol. The number of hydrogen-bond acceptors (Lipinski definition) is 3. The van der Waals surface area contributed by atoms with Crippen molar-refractivity contribution in [3.63, 3.8) is 0 Å². The summed E-state index contributed by atoms with van der Waals surface area (Å²) in [5, 5.41) is 2.94. The molecule has 0 saturated heterocycles. The maximum Gasteiger partial charge on any atom is 0.251 e. The maximum atomic E-state index is 12.5. The molecule has 2 N–H and O–H groups in total. The van der Waals surface area contributed by atoms with Crippen molar-refractivity contribution in [2.24, 2.45) is 0 Å². The number of nitrogens with one attached hydrogen (secondary N) is 2. The number of terminal acetylenes is 1. The highest BCUT2D eigenvalue weighted by Gasteiger charge is 2.16. The molecule has 5 nitrogen and oxygen atoms in total. The van der Waals surface area contributed by atoms with Gasteiger partial charge in [0.1, 0.15) is 0 Å². The summed E-state index contributed by atoms with van der Waals surface area (Å²) in [4.78, 5) is 12.5. The van der Waals surface area contributed by atoms with Gasteiger partial charge in [-0.25, -0.2) is 8.42 Å². The average Bonchev–Trinajstić information content (AvgIpc) is 2.62. The van der Waals surface area contributed by atoms with E-state index in [1.807, 2.05) is 39.0 Å². The number of benzene rings is 2. The largest absolute Gasteiger partial charge is 0.346 e. The van der Waals surface area contributed by atoms with Gasteiger partial charge in [-0.3, -0.25) is 4.79 Å². The lowest BCUT2D eigenvalue weighted by Gasteiger charge is -2.17. The molecule has 0 radical (unpaired) electrons. The summed E-state index contributed by atoms with van der Waals surface area (Å²) in [6, 6.07) is 11.7. The van der Waals surface area contributed by atoms with Crippen molar-refractivity contribution in [3.05, 3.63) is 64.7 Å². The van der Waals surface area contributed by atoms with E-state index in [-0.39, 0.29) is 23.4 Å². The summed E-state index contributed by atoms with van der Waals surface area (Å²) in [6.45, 7) is 5.84. The molecule has 0 aliphatic heterocycles. The quantitative estimate of drug-likeness (QED) is 0.768. The zero-order valence-corrected chi connectivity index (χ0v) is 15.9. The molecule has 0 aliphatic carbocycles. The van der Waals surface area contributed by atoms with Crippen LogP contribution in [0.25, 0.3) is 0 Å². The summed E-state index contributed by atoms with van der Waals surface area (Å²) >= 11 is 0. The highest BCUT2D eigenvalue weighted by Crippen LogP contribution is 2.19. The lowest BCUT2D eigenvalue weighted by atomic mass is 10.00. The van der Waals surface area contributed by atoms with Gasteiger partial charge in [-0.15, -0.1) is 6.42 Å². The number of amides is 1. The molecule has 0 heterocycles. The summed E-state index contributed by atoms with van der Waals surface area (Å²) < 4.78 is 26.3. The number of aryl methyl sites for hydroxylation is 2. The monoisotopic (exact) mass is 370 g/mol. The van der Waals surface area contributed by atoms with E-state index in [2.05, 4.69) is 16.0 Å². The number of carbonyl (C=O) groups is 1. The van der Waals surface area contributed by atoms with Crippen molar-refractivity contribution >= 4 is 15.9 Å². The fraction of sp³-hybridized carbons (Fsp3) is 0.250. The molecule has 2 rings (SSSR count). The minimum absolute atomic E-state index is 0.0619. The van der Waals surface area contributed by atoms with Gasteiger partial charge < -0.3 is 5.32 Å². The van der Waals surface area contributed by atoms with E-state index in [1.54, 1.807) is 0 Å². The minimum Gasteiger partial charge on any atom is -0.346 e. The molecule has 0 spiro atoms. The van der Waals surface area contributed by atoms with Gasteiger partial charge >= 0.3 is 0 Å². The van der Waals surface area contributed by atoms with Crippen molar-refractivity contribution in [2.45, 2.75) is 31.7 Å². The molecule has 136 valence electrons. The summed E-state index contributed by atoms with van der Waals surface area (Å²) in [5.41, 5.74) is 3.67.